The topological polar surface area (TPSA) is 17.1 Å². The zero-order valence-electron chi connectivity index (χ0n) is 9.21. The van der Waals surface area contributed by atoms with E-state index in [9.17, 15) is 4.79 Å². The van der Waals surface area contributed by atoms with Crippen LogP contribution in [0.5, 0.6) is 0 Å². The Kier molecular flexibility index (Phi) is 12.6. The first-order valence-corrected chi connectivity index (χ1v) is 4.78. The molecule has 0 fully saturated rings. The Hall–Kier alpha value is -0.304. The molecule has 0 aromatic heterocycles. The van der Waals surface area contributed by atoms with Crippen LogP contribution in [-0.4, -0.2) is 28.8 Å². The van der Waals surface area contributed by atoms with Crippen LogP contribution in [0.15, 0.2) is 30.3 Å². The molecule has 1 nitrogen and oxygen atoms in total. The van der Waals surface area contributed by atoms with E-state index in [4.69, 9.17) is 6.42 Å². The summed E-state index contributed by atoms with van der Waals surface area (Å²) in [6.45, 7) is 0. The van der Waals surface area contributed by atoms with Crippen molar-refractivity contribution in [2.24, 2.45) is 0 Å². The molecule has 0 saturated carbocycles. The summed E-state index contributed by atoms with van der Waals surface area (Å²) in [5, 5.41) is 0. The third-order valence-electron chi connectivity index (χ3n) is 2.00. The fourth-order valence-electron chi connectivity index (χ4n) is 1.29. The maximum atomic E-state index is 11.4. The van der Waals surface area contributed by atoms with Crippen molar-refractivity contribution < 1.29 is 21.8 Å². The van der Waals surface area contributed by atoms with E-state index >= 15 is 0 Å². The molecular formula is C13H13BrMgO. The molecule has 0 aliphatic heterocycles. The number of ketones is 1. The molecule has 0 amide bonds. The summed E-state index contributed by atoms with van der Waals surface area (Å²) in [7, 11) is 0. The molecule has 0 heterocycles. The van der Waals surface area contributed by atoms with Gasteiger partial charge in [-0.15, -0.1) is 0 Å². The van der Waals surface area contributed by atoms with Crippen molar-refractivity contribution in [3.63, 3.8) is 0 Å². The molecule has 0 spiro atoms. The summed E-state index contributed by atoms with van der Waals surface area (Å²) < 4.78 is 0. The summed E-state index contributed by atoms with van der Waals surface area (Å²) in [5.74, 6) is 2.53. The van der Waals surface area contributed by atoms with E-state index < -0.39 is 0 Å². The fourth-order valence-corrected chi connectivity index (χ4v) is 1.29. The molecule has 80 valence electrons. The second-order valence-electron chi connectivity index (χ2n) is 3.23. The number of benzene rings is 1. The van der Waals surface area contributed by atoms with Crippen LogP contribution in [0.25, 0.3) is 0 Å². The molecule has 0 aliphatic carbocycles. The largest absolute Gasteiger partial charge is 2.00 e. The van der Waals surface area contributed by atoms with Gasteiger partial charge >= 0.3 is 23.1 Å². The van der Waals surface area contributed by atoms with Crippen molar-refractivity contribution >= 4 is 28.8 Å². The maximum absolute atomic E-state index is 11.4. The first-order valence-electron chi connectivity index (χ1n) is 4.78. The smallest absolute Gasteiger partial charge is 1.00 e. The van der Waals surface area contributed by atoms with Gasteiger partial charge in [-0.1, -0.05) is 30.3 Å². The van der Waals surface area contributed by atoms with Crippen LogP contribution in [0.4, 0.5) is 0 Å². The van der Waals surface area contributed by atoms with Gasteiger partial charge < -0.3 is 29.3 Å². The quantitative estimate of drug-likeness (QED) is 0.300. The first kappa shape index (κ1) is 18.1. The van der Waals surface area contributed by atoms with Crippen LogP contribution in [0, 0.1) is 12.3 Å². The van der Waals surface area contributed by atoms with Crippen molar-refractivity contribution in [1.82, 2.24) is 0 Å². The number of halogens is 1. The van der Waals surface area contributed by atoms with Crippen LogP contribution in [0.2, 0.25) is 0 Å². The Balaban J connectivity index is 0. The number of carbonyl (C=O) groups excluding carboxylic acids is 1. The number of hydrogen-bond donors (Lipinski definition) is 0. The molecule has 0 saturated heterocycles. The van der Waals surface area contributed by atoms with Gasteiger partial charge in [-0.2, -0.15) is 0 Å². The van der Waals surface area contributed by atoms with Gasteiger partial charge in [0.05, 0.1) is 0 Å². The Morgan fingerprint density at radius 3 is 2.44 bits per heavy atom. The molecule has 1 aromatic carbocycles. The minimum Gasteiger partial charge on any atom is -1.00 e. The van der Waals surface area contributed by atoms with E-state index in [1.165, 1.54) is 0 Å². The van der Waals surface area contributed by atoms with E-state index in [0.29, 0.717) is 19.3 Å². The molecular weight excluding hydrogens is 276 g/mol. The van der Waals surface area contributed by atoms with E-state index in [1.54, 1.807) is 0 Å². The molecule has 0 bridgehead atoms. The third-order valence-corrected chi connectivity index (χ3v) is 2.00. The zero-order valence-corrected chi connectivity index (χ0v) is 12.2. The van der Waals surface area contributed by atoms with E-state index in [2.05, 4.69) is 5.92 Å². The normalized spacial score (nSPS) is 8.19. The molecule has 0 N–H and O–H groups in total. The van der Waals surface area contributed by atoms with Crippen LogP contribution < -0.4 is 17.0 Å². The molecule has 0 unspecified atom stereocenters. The van der Waals surface area contributed by atoms with Crippen LogP contribution in [-0.2, 0) is 11.2 Å². The predicted molar refractivity (Wildman–Crippen MR) is 61.9 cm³/mol. The van der Waals surface area contributed by atoms with Crippen molar-refractivity contribution in [2.75, 3.05) is 0 Å². The monoisotopic (exact) mass is 288 g/mol. The van der Waals surface area contributed by atoms with E-state index in [1.807, 2.05) is 30.3 Å². The number of carbonyl (C=O) groups is 1. The maximum Gasteiger partial charge on any atom is 2.00 e. The SMILES string of the molecule is [Br-].[C-]#CCCCC(=O)Cc1ccccc1.[Mg+2]. The molecule has 0 atom stereocenters. The van der Waals surface area contributed by atoms with Gasteiger partial charge in [0.15, 0.2) is 0 Å². The van der Waals surface area contributed by atoms with Gasteiger partial charge in [0.1, 0.15) is 5.78 Å². The van der Waals surface area contributed by atoms with E-state index in [0.717, 1.165) is 12.0 Å². The van der Waals surface area contributed by atoms with Crippen molar-refractivity contribution in [1.29, 1.82) is 0 Å². The second kappa shape index (κ2) is 11.2. The van der Waals surface area contributed by atoms with Crippen molar-refractivity contribution in [3.05, 3.63) is 42.3 Å². The van der Waals surface area contributed by atoms with Crippen LogP contribution in [0.1, 0.15) is 24.8 Å². The third kappa shape index (κ3) is 7.92. The minimum atomic E-state index is 0. The molecule has 16 heavy (non-hydrogen) atoms. The Morgan fingerprint density at radius 1 is 1.25 bits per heavy atom. The number of rotatable bonds is 5. The average Bonchev–Trinajstić information content (AvgIpc) is 2.20. The van der Waals surface area contributed by atoms with Crippen LogP contribution in [0.3, 0.4) is 0 Å². The van der Waals surface area contributed by atoms with Crippen LogP contribution >= 0.6 is 0 Å². The number of Topliss-reactive ketones (excluding diaryl/α,β-unsaturated/α-hetero) is 1. The number of unbranched alkanes of at least 4 members (excludes halogenated alkanes) is 1. The molecule has 3 heteroatoms. The first-order chi connectivity index (χ1) is 6.83. The van der Waals surface area contributed by atoms with E-state index in [-0.39, 0.29) is 45.8 Å². The second-order valence-corrected chi connectivity index (χ2v) is 3.23. The Bertz CT molecular complexity index is 330. The van der Waals surface area contributed by atoms with Crippen molar-refractivity contribution in [3.8, 4) is 5.92 Å². The summed E-state index contributed by atoms with van der Waals surface area (Å²) in [4.78, 5) is 11.4. The summed E-state index contributed by atoms with van der Waals surface area (Å²) in [6, 6.07) is 9.74. The minimum absolute atomic E-state index is 0. The number of hydrogen-bond acceptors (Lipinski definition) is 1. The summed E-state index contributed by atoms with van der Waals surface area (Å²) in [6.07, 6.45) is 9.10. The van der Waals surface area contributed by atoms with Gasteiger partial charge in [0, 0.05) is 12.8 Å². The standard InChI is InChI=1S/C13H13O.BrH.Mg/c1-2-3-5-10-13(14)11-12-8-6-4-7-9-12;;/h4,6-9H,3,5,10-11H2;1H;/q-1;;+2/p-1. The fraction of sp³-hybridized carbons (Fsp3) is 0.308. The van der Waals surface area contributed by atoms with Gasteiger partial charge in [0.25, 0.3) is 0 Å². The van der Waals surface area contributed by atoms with Gasteiger partial charge in [0.2, 0.25) is 0 Å². The molecule has 0 aliphatic rings. The zero-order chi connectivity index (χ0) is 10.2. The molecule has 1 aromatic rings. The Morgan fingerprint density at radius 2 is 1.88 bits per heavy atom. The Labute approximate surface area is 124 Å². The predicted octanol–water partition coefficient (Wildman–Crippen LogP) is -0.819. The molecule has 0 radical (unpaired) electrons. The van der Waals surface area contributed by atoms with Gasteiger partial charge in [-0.25, -0.2) is 0 Å². The van der Waals surface area contributed by atoms with Crippen molar-refractivity contribution in [2.45, 2.75) is 25.7 Å². The molecule has 1 rings (SSSR count). The van der Waals surface area contributed by atoms with Gasteiger partial charge in [-0.05, 0) is 18.4 Å². The average molecular weight is 289 g/mol. The summed E-state index contributed by atoms with van der Waals surface area (Å²) in [5.41, 5.74) is 1.07. The van der Waals surface area contributed by atoms with Gasteiger partial charge in [-0.3, -0.25) is 4.79 Å². The summed E-state index contributed by atoms with van der Waals surface area (Å²) >= 11 is 0.